The number of aliphatic carboxylic acids is 1. The first-order valence-electron chi connectivity index (χ1n) is 4.79. The normalized spacial score (nSPS) is 14.9. The van der Waals surface area contributed by atoms with Crippen molar-refractivity contribution in [1.82, 2.24) is 0 Å². The first-order chi connectivity index (χ1) is 6.66. The quantitative estimate of drug-likeness (QED) is 0.537. The molecule has 4 heteroatoms. The molecule has 14 heavy (non-hydrogen) atoms. The summed E-state index contributed by atoms with van der Waals surface area (Å²) in [7, 11) is 0. The molecule has 0 saturated heterocycles. The molecule has 78 valence electrons. The molecule has 0 atom stereocenters. The second-order valence-electron chi connectivity index (χ2n) is 3.25. The number of carbonyl (C=O) groups is 2. The van der Waals surface area contributed by atoms with Crippen LogP contribution >= 0.6 is 0 Å². The molecule has 1 rings (SSSR count). The van der Waals surface area contributed by atoms with Crippen molar-refractivity contribution >= 4 is 11.9 Å². The fraction of sp³-hybridized carbons (Fsp3) is 0.600. The fourth-order valence-corrected chi connectivity index (χ4v) is 1.23. The zero-order chi connectivity index (χ0) is 10.6. The average Bonchev–Trinajstić information content (AvgIpc) is 2.01. The average molecular weight is 198 g/mol. The van der Waals surface area contributed by atoms with Crippen molar-refractivity contribution in [3.63, 3.8) is 0 Å². The Morgan fingerprint density at radius 3 is 2.43 bits per heavy atom. The first-order valence-corrected chi connectivity index (χ1v) is 4.79. The molecule has 0 aromatic rings. The number of hydrogen-bond donors (Lipinski definition) is 1. The van der Waals surface area contributed by atoms with Gasteiger partial charge in [0, 0.05) is 11.1 Å². The zero-order valence-electron chi connectivity index (χ0n) is 8.21. The highest BCUT2D eigenvalue weighted by Crippen LogP contribution is 2.28. The Hall–Kier alpha value is -1.32. The molecule has 0 bridgehead atoms. The summed E-state index contributed by atoms with van der Waals surface area (Å²) in [5, 5.41) is 8.66. The number of carboxylic acid groups (broad SMARTS) is 1. The Bertz CT molecular complexity index is 278. The zero-order valence-corrected chi connectivity index (χ0v) is 8.21. The van der Waals surface area contributed by atoms with Crippen molar-refractivity contribution in [3.05, 3.63) is 11.1 Å². The summed E-state index contributed by atoms with van der Waals surface area (Å²) in [6.07, 6.45) is 2.79. The van der Waals surface area contributed by atoms with Crippen LogP contribution in [-0.2, 0) is 14.3 Å². The minimum absolute atomic E-state index is 0.214. The van der Waals surface area contributed by atoms with Gasteiger partial charge in [-0.15, -0.1) is 0 Å². The minimum Gasteiger partial charge on any atom is -0.478 e. The van der Waals surface area contributed by atoms with Crippen molar-refractivity contribution in [3.8, 4) is 0 Å². The van der Waals surface area contributed by atoms with Crippen molar-refractivity contribution in [2.75, 3.05) is 6.61 Å². The summed E-state index contributed by atoms with van der Waals surface area (Å²) in [6, 6.07) is 0. The summed E-state index contributed by atoms with van der Waals surface area (Å²) in [5.74, 6) is -1.46. The molecule has 0 unspecified atom stereocenters. The molecule has 0 radical (unpaired) electrons. The third kappa shape index (κ3) is 2.34. The molecule has 1 aliphatic carbocycles. The third-order valence-corrected chi connectivity index (χ3v) is 2.22. The maximum atomic E-state index is 11.3. The largest absolute Gasteiger partial charge is 0.478 e. The van der Waals surface area contributed by atoms with E-state index >= 15 is 0 Å². The van der Waals surface area contributed by atoms with Gasteiger partial charge in [0.15, 0.2) is 0 Å². The number of ether oxygens (including phenoxy) is 1. The van der Waals surface area contributed by atoms with Crippen LogP contribution in [0.2, 0.25) is 0 Å². The Kier molecular flexibility index (Phi) is 3.68. The van der Waals surface area contributed by atoms with E-state index in [0.29, 0.717) is 25.0 Å². The van der Waals surface area contributed by atoms with Crippen molar-refractivity contribution in [2.24, 2.45) is 0 Å². The molecule has 1 aliphatic rings. The van der Waals surface area contributed by atoms with Gasteiger partial charge in [-0.05, 0) is 19.3 Å². The lowest BCUT2D eigenvalue weighted by Gasteiger charge is -2.18. The minimum atomic E-state index is -1.00. The molecule has 4 nitrogen and oxygen atoms in total. The monoisotopic (exact) mass is 198 g/mol. The van der Waals surface area contributed by atoms with Gasteiger partial charge in [0.2, 0.25) is 0 Å². The molecule has 0 saturated carbocycles. The number of esters is 1. The third-order valence-electron chi connectivity index (χ3n) is 2.22. The van der Waals surface area contributed by atoms with Gasteiger partial charge in [-0.3, -0.25) is 0 Å². The van der Waals surface area contributed by atoms with Crippen LogP contribution in [-0.4, -0.2) is 23.7 Å². The Morgan fingerprint density at radius 2 is 2.00 bits per heavy atom. The summed E-state index contributed by atoms with van der Waals surface area (Å²) < 4.78 is 4.91. The van der Waals surface area contributed by atoms with Crippen LogP contribution in [0.15, 0.2) is 11.1 Å². The SMILES string of the molecule is CCCCOC(=O)C1=C(C(=O)O)CC1. The molecular formula is C10H14O4. The first kappa shape index (κ1) is 10.8. The van der Waals surface area contributed by atoms with E-state index in [1.54, 1.807) is 0 Å². The van der Waals surface area contributed by atoms with Gasteiger partial charge in [-0.2, -0.15) is 0 Å². The number of unbranched alkanes of at least 4 members (excludes halogenated alkanes) is 1. The second kappa shape index (κ2) is 4.79. The van der Waals surface area contributed by atoms with E-state index in [2.05, 4.69) is 0 Å². The lowest BCUT2D eigenvalue weighted by Crippen LogP contribution is -2.21. The Morgan fingerprint density at radius 1 is 1.36 bits per heavy atom. The second-order valence-corrected chi connectivity index (χ2v) is 3.25. The molecular weight excluding hydrogens is 184 g/mol. The van der Waals surface area contributed by atoms with E-state index in [9.17, 15) is 9.59 Å². The van der Waals surface area contributed by atoms with E-state index in [1.165, 1.54) is 0 Å². The molecule has 1 N–H and O–H groups in total. The Balaban J connectivity index is 2.46. The van der Waals surface area contributed by atoms with Gasteiger partial charge in [-0.25, -0.2) is 9.59 Å². The smallest absolute Gasteiger partial charge is 0.334 e. The van der Waals surface area contributed by atoms with Crippen LogP contribution in [0, 0.1) is 0 Å². The van der Waals surface area contributed by atoms with E-state index in [-0.39, 0.29) is 5.57 Å². The standard InChI is InChI=1S/C10H14O4/c1-2-3-6-14-10(13)8-5-4-7(8)9(11)12/h2-6H2,1H3,(H,11,12). The van der Waals surface area contributed by atoms with E-state index in [1.807, 2.05) is 6.92 Å². The molecule has 0 aromatic carbocycles. The van der Waals surface area contributed by atoms with Crippen LogP contribution in [0.25, 0.3) is 0 Å². The fourth-order valence-electron chi connectivity index (χ4n) is 1.23. The molecule has 0 aliphatic heterocycles. The summed E-state index contributed by atoms with van der Waals surface area (Å²) in [6.45, 7) is 2.38. The highest BCUT2D eigenvalue weighted by Gasteiger charge is 2.29. The van der Waals surface area contributed by atoms with Crippen molar-refractivity contribution in [1.29, 1.82) is 0 Å². The van der Waals surface area contributed by atoms with Crippen molar-refractivity contribution < 1.29 is 19.4 Å². The van der Waals surface area contributed by atoms with Gasteiger partial charge < -0.3 is 9.84 Å². The number of hydrogen-bond acceptors (Lipinski definition) is 3. The molecule has 0 heterocycles. The summed E-state index contributed by atoms with van der Waals surface area (Å²) >= 11 is 0. The molecule has 0 amide bonds. The van der Waals surface area contributed by atoms with E-state index in [4.69, 9.17) is 9.84 Å². The maximum absolute atomic E-state index is 11.3. The van der Waals surface area contributed by atoms with Gasteiger partial charge in [0.25, 0.3) is 0 Å². The molecule has 0 aromatic heterocycles. The Labute approximate surface area is 82.6 Å². The van der Waals surface area contributed by atoms with Gasteiger partial charge in [-0.1, -0.05) is 13.3 Å². The lowest BCUT2D eigenvalue weighted by atomic mass is 9.88. The highest BCUT2D eigenvalue weighted by atomic mass is 16.5. The lowest BCUT2D eigenvalue weighted by molar-refractivity contribution is -0.141. The van der Waals surface area contributed by atoms with E-state index < -0.39 is 11.9 Å². The number of rotatable bonds is 5. The molecule has 0 spiro atoms. The van der Waals surface area contributed by atoms with Crippen LogP contribution in [0.4, 0.5) is 0 Å². The van der Waals surface area contributed by atoms with Gasteiger partial charge in [0.05, 0.1) is 6.61 Å². The van der Waals surface area contributed by atoms with Crippen LogP contribution in [0.3, 0.4) is 0 Å². The summed E-state index contributed by atoms with van der Waals surface area (Å²) in [5.41, 5.74) is 0.556. The van der Waals surface area contributed by atoms with Crippen LogP contribution in [0.1, 0.15) is 32.6 Å². The van der Waals surface area contributed by atoms with Gasteiger partial charge >= 0.3 is 11.9 Å². The van der Waals surface area contributed by atoms with E-state index in [0.717, 1.165) is 12.8 Å². The van der Waals surface area contributed by atoms with Crippen LogP contribution < -0.4 is 0 Å². The van der Waals surface area contributed by atoms with Crippen molar-refractivity contribution in [2.45, 2.75) is 32.6 Å². The highest BCUT2D eigenvalue weighted by molar-refractivity contribution is 6.02. The topological polar surface area (TPSA) is 63.6 Å². The maximum Gasteiger partial charge on any atom is 0.334 e. The number of carboxylic acids is 1. The summed E-state index contributed by atoms with van der Waals surface area (Å²) in [4.78, 5) is 21.8. The predicted molar refractivity (Wildman–Crippen MR) is 49.8 cm³/mol. The van der Waals surface area contributed by atoms with Crippen LogP contribution in [0.5, 0.6) is 0 Å². The molecule has 0 fully saturated rings. The predicted octanol–water partition coefficient (Wildman–Crippen LogP) is 1.50. The van der Waals surface area contributed by atoms with Gasteiger partial charge in [0.1, 0.15) is 0 Å². The number of carbonyl (C=O) groups excluding carboxylic acids is 1.